The standard InChI is InChI=1S/C17H22ClFN2O4/c1-5-11(7-16(22)24-6-2)20-17(23)21-14-9-15(25-10(3)4)12(18)8-13(14)19/h7-10H,5-6H2,1-4H3,(H2,20,21,23)/b11-7-. The lowest BCUT2D eigenvalue weighted by molar-refractivity contribution is -0.137. The summed E-state index contributed by atoms with van der Waals surface area (Å²) in [6, 6.07) is 1.66. The SMILES string of the molecule is CCOC(=O)/C=C(/CC)NC(=O)Nc1cc(OC(C)C)c(Cl)cc1F. The van der Waals surface area contributed by atoms with Crippen LogP contribution in [-0.2, 0) is 9.53 Å². The fourth-order valence-electron chi connectivity index (χ4n) is 1.82. The fourth-order valence-corrected chi connectivity index (χ4v) is 2.02. The lowest BCUT2D eigenvalue weighted by atomic mass is 10.2. The minimum absolute atomic E-state index is 0.0934. The smallest absolute Gasteiger partial charge is 0.332 e. The van der Waals surface area contributed by atoms with E-state index >= 15 is 0 Å². The zero-order chi connectivity index (χ0) is 19.0. The highest BCUT2D eigenvalue weighted by atomic mass is 35.5. The van der Waals surface area contributed by atoms with E-state index in [1.165, 1.54) is 12.1 Å². The lowest BCUT2D eigenvalue weighted by Gasteiger charge is -2.15. The number of urea groups is 1. The first-order valence-electron chi connectivity index (χ1n) is 7.87. The van der Waals surface area contributed by atoms with E-state index in [1.807, 2.05) is 0 Å². The molecule has 0 radical (unpaired) electrons. The van der Waals surface area contributed by atoms with Gasteiger partial charge in [0.05, 0.1) is 23.4 Å². The van der Waals surface area contributed by atoms with Crippen LogP contribution in [0.1, 0.15) is 34.1 Å². The molecule has 0 atom stereocenters. The van der Waals surface area contributed by atoms with Crippen LogP contribution in [0.5, 0.6) is 5.75 Å². The first-order chi connectivity index (χ1) is 11.8. The Hall–Kier alpha value is -2.28. The van der Waals surface area contributed by atoms with Gasteiger partial charge in [-0.05, 0) is 33.3 Å². The second-order valence-corrected chi connectivity index (χ2v) is 5.69. The zero-order valence-corrected chi connectivity index (χ0v) is 15.4. The van der Waals surface area contributed by atoms with E-state index in [9.17, 15) is 14.0 Å². The molecular weight excluding hydrogens is 351 g/mol. The topological polar surface area (TPSA) is 76.7 Å². The van der Waals surface area contributed by atoms with Gasteiger partial charge in [-0.3, -0.25) is 0 Å². The number of hydrogen-bond acceptors (Lipinski definition) is 4. The minimum atomic E-state index is -0.705. The average molecular weight is 373 g/mol. The molecule has 0 aromatic heterocycles. The summed E-state index contributed by atoms with van der Waals surface area (Å²) in [6.45, 7) is 7.26. The van der Waals surface area contributed by atoms with Crippen LogP contribution in [0.2, 0.25) is 5.02 Å². The van der Waals surface area contributed by atoms with Crippen LogP contribution in [-0.4, -0.2) is 24.7 Å². The maximum absolute atomic E-state index is 14.0. The molecule has 0 aliphatic heterocycles. The summed E-state index contributed by atoms with van der Waals surface area (Å²) in [6.07, 6.45) is 1.40. The summed E-state index contributed by atoms with van der Waals surface area (Å²) in [5, 5.41) is 4.95. The number of carbonyl (C=O) groups is 2. The number of allylic oxidation sites excluding steroid dienone is 1. The van der Waals surface area contributed by atoms with Gasteiger partial charge in [-0.1, -0.05) is 18.5 Å². The number of halogens is 2. The number of esters is 1. The highest BCUT2D eigenvalue weighted by Crippen LogP contribution is 2.31. The molecule has 138 valence electrons. The maximum atomic E-state index is 14.0. The second kappa shape index (κ2) is 9.88. The molecule has 0 unspecified atom stereocenters. The van der Waals surface area contributed by atoms with Gasteiger partial charge in [-0.2, -0.15) is 0 Å². The van der Waals surface area contributed by atoms with E-state index < -0.39 is 17.8 Å². The molecule has 1 aromatic rings. The highest BCUT2D eigenvalue weighted by molar-refractivity contribution is 6.32. The zero-order valence-electron chi connectivity index (χ0n) is 14.6. The van der Waals surface area contributed by atoms with Crippen LogP contribution >= 0.6 is 11.6 Å². The molecule has 0 heterocycles. The maximum Gasteiger partial charge on any atom is 0.332 e. The molecule has 6 nitrogen and oxygen atoms in total. The van der Waals surface area contributed by atoms with Crippen LogP contribution < -0.4 is 15.4 Å². The molecule has 0 fully saturated rings. The quantitative estimate of drug-likeness (QED) is 0.554. The molecule has 2 N–H and O–H groups in total. The van der Waals surface area contributed by atoms with Crippen molar-refractivity contribution in [2.45, 2.75) is 40.2 Å². The van der Waals surface area contributed by atoms with Crippen molar-refractivity contribution in [3.8, 4) is 5.75 Å². The Morgan fingerprint density at radius 3 is 2.56 bits per heavy atom. The number of anilines is 1. The fraction of sp³-hybridized carbons (Fsp3) is 0.412. The molecule has 0 bridgehead atoms. The van der Waals surface area contributed by atoms with Gasteiger partial charge in [0, 0.05) is 17.8 Å². The Morgan fingerprint density at radius 2 is 2.00 bits per heavy atom. The molecule has 0 saturated heterocycles. The van der Waals surface area contributed by atoms with Crippen molar-refractivity contribution in [2.75, 3.05) is 11.9 Å². The Kier molecular flexibility index (Phi) is 8.21. The number of amides is 2. The van der Waals surface area contributed by atoms with Crippen molar-refractivity contribution in [1.29, 1.82) is 0 Å². The largest absolute Gasteiger partial charge is 0.489 e. The summed E-state index contributed by atoms with van der Waals surface area (Å²) in [5.41, 5.74) is 0.244. The minimum Gasteiger partial charge on any atom is -0.489 e. The molecule has 2 amide bonds. The van der Waals surface area contributed by atoms with Crippen molar-refractivity contribution >= 4 is 29.3 Å². The van der Waals surface area contributed by atoms with Gasteiger partial charge in [0.15, 0.2) is 0 Å². The summed E-state index contributed by atoms with van der Waals surface area (Å²) in [4.78, 5) is 23.5. The average Bonchev–Trinajstić information content (AvgIpc) is 2.51. The third-order valence-corrected chi connectivity index (χ3v) is 3.16. The van der Waals surface area contributed by atoms with Crippen LogP contribution in [0, 0.1) is 5.82 Å². The molecule has 1 aromatic carbocycles. The van der Waals surface area contributed by atoms with E-state index in [1.54, 1.807) is 27.7 Å². The van der Waals surface area contributed by atoms with E-state index in [0.29, 0.717) is 12.1 Å². The van der Waals surface area contributed by atoms with Crippen LogP contribution in [0.15, 0.2) is 23.9 Å². The molecule has 1 rings (SSSR count). The normalized spacial score (nSPS) is 11.2. The van der Waals surface area contributed by atoms with Crippen molar-refractivity contribution in [3.05, 3.63) is 34.7 Å². The molecule has 0 saturated carbocycles. The molecule has 25 heavy (non-hydrogen) atoms. The summed E-state index contributed by atoms with van der Waals surface area (Å²) in [5.74, 6) is -1.01. The number of ether oxygens (including phenoxy) is 2. The van der Waals surface area contributed by atoms with Gasteiger partial charge in [0.1, 0.15) is 11.6 Å². The number of carbonyl (C=O) groups excluding carboxylic acids is 2. The van der Waals surface area contributed by atoms with Gasteiger partial charge in [-0.15, -0.1) is 0 Å². The third-order valence-electron chi connectivity index (χ3n) is 2.87. The van der Waals surface area contributed by atoms with Crippen molar-refractivity contribution < 1.29 is 23.5 Å². The van der Waals surface area contributed by atoms with Gasteiger partial charge in [-0.25, -0.2) is 14.0 Å². The highest BCUT2D eigenvalue weighted by Gasteiger charge is 2.14. The molecule has 0 spiro atoms. The molecule has 0 aliphatic carbocycles. The summed E-state index contributed by atoms with van der Waals surface area (Å²) in [7, 11) is 0. The Bertz CT molecular complexity index is 662. The van der Waals surface area contributed by atoms with Gasteiger partial charge in [0.2, 0.25) is 0 Å². The Balaban J connectivity index is 2.87. The lowest BCUT2D eigenvalue weighted by Crippen LogP contribution is -2.29. The predicted octanol–water partition coefficient (Wildman–Crippen LogP) is 4.24. The monoisotopic (exact) mass is 372 g/mol. The van der Waals surface area contributed by atoms with E-state index in [2.05, 4.69) is 10.6 Å². The number of rotatable bonds is 7. The van der Waals surface area contributed by atoms with E-state index in [0.717, 1.165) is 6.07 Å². The van der Waals surface area contributed by atoms with Crippen LogP contribution in [0.3, 0.4) is 0 Å². The number of benzene rings is 1. The molecule has 0 aliphatic rings. The van der Waals surface area contributed by atoms with Gasteiger partial charge >= 0.3 is 12.0 Å². The summed E-state index contributed by atoms with van der Waals surface area (Å²) < 4.78 is 24.2. The van der Waals surface area contributed by atoms with Crippen LogP contribution in [0.25, 0.3) is 0 Å². The number of hydrogen-bond donors (Lipinski definition) is 2. The predicted molar refractivity (Wildman–Crippen MR) is 94.3 cm³/mol. The van der Waals surface area contributed by atoms with Crippen molar-refractivity contribution in [3.63, 3.8) is 0 Å². The first-order valence-corrected chi connectivity index (χ1v) is 8.25. The molecule has 8 heteroatoms. The van der Waals surface area contributed by atoms with Crippen molar-refractivity contribution in [2.24, 2.45) is 0 Å². The van der Waals surface area contributed by atoms with Gasteiger partial charge < -0.3 is 20.1 Å². The van der Waals surface area contributed by atoms with Crippen molar-refractivity contribution in [1.82, 2.24) is 5.32 Å². The van der Waals surface area contributed by atoms with E-state index in [-0.39, 0.29) is 29.2 Å². The van der Waals surface area contributed by atoms with E-state index in [4.69, 9.17) is 21.1 Å². The Labute approximate surface area is 151 Å². The summed E-state index contributed by atoms with van der Waals surface area (Å²) >= 11 is 5.92. The number of nitrogens with one attached hydrogen (secondary N) is 2. The van der Waals surface area contributed by atoms with Gasteiger partial charge in [0.25, 0.3) is 0 Å². The first kappa shape index (κ1) is 20.8. The molecular formula is C17H22ClFN2O4. The van der Waals surface area contributed by atoms with Crippen LogP contribution in [0.4, 0.5) is 14.9 Å². The third kappa shape index (κ3) is 7.01. The Morgan fingerprint density at radius 1 is 1.32 bits per heavy atom. The second-order valence-electron chi connectivity index (χ2n) is 5.28.